The zero-order valence-corrected chi connectivity index (χ0v) is 17.2. The molecular weight excluding hydrogens is 421 g/mol. The highest BCUT2D eigenvalue weighted by Crippen LogP contribution is 2.23. The first kappa shape index (κ1) is 21.2. The fourth-order valence-electron chi connectivity index (χ4n) is 2.95. The second kappa shape index (κ2) is 8.91. The van der Waals surface area contributed by atoms with Gasteiger partial charge < -0.3 is 4.57 Å². The van der Waals surface area contributed by atoms with E-state index in [1.165, 1.54) is 18.2 Å². The maximum absolute atomic E-state index is 13.5. The Morgan fingerprint density at radius 2 is 2.03 bits per heavy atom. The summed E-state index contributed by atoms with van der Waals surface area (Å²) in [7, 11) is -1.20. The van der Waals surface area contributed by atoms with Crippen LogP contribution < -0.4 is 10.9 Å². The number of hydrogen-bond acceptors (Lipinski definition) is 7. The largest absolute Gasteiger partial charge is 0.309 e. The first-order valence-electron chi connectivity index (χ1n) is 8.80. The van der Waals surface area contributed by atoms with Crippen molar-refractivity contribution in [2.75, 3.05) is 17.3 Å². The van der Waals surface area contributed by atoms with Gasteiger partial charge in [-0.3, -0.25) is 20.4 Å². The third-order valence-electron chi connectivity index (χ3n) is 4.49. The Balaban J connectivity index is 1.47. The molecule has 2 amide bonds. The first-order chi connectivity index (χ1) is 13.7. The van der Waals surface area contributed by atoms with E-state index in [4.69, 9.17) is 0 Å². The maximum Gasteiger partial charge on any atom is 0.272 e. The van der Waals surface area contributed by atoms with Gasteiger partial charge in [-0.25, -0.2) is 12.8 Å². The van der Waals surface area contributed by atoms with Crippen molar-refractivity contribution in [3.63, 3.8) is 0 Å². The molecule has 2 aromatic rings. The Hall–Kier alpha value is -2.47. The van der Waals surface area contributed by atoms with Crippen molar-refractivity contribution in [3.05, 3.63) is 41.5 Å². The Morgan fingerprint density at radius 1 is 1.28 bits per heavy atom. The van der Waals surface area contributed by atoms with E-state index in [-0.39, 0.29) is 28.7 Å². The average Bonchev–Trinajstić information content (AvgIpc) is 3.20. The van der Waals surface area contributed by atoms with Crippen LogP contribution in [0.25, 0.3) is 0 Å². The van der Waals surface area contributed by atoms with Crippen LogP contribution in [-0.2, 0) is 28.1 Å². The highest BCUT2D eigenvalue weighted by Gasteiger charge is 2.29. The van der Waals surface area contributed by atoms with Crippen LogP contribution in [-0.4, -0.2) is 52.3 Å². The van der Waals surface area contributed by atoms with Crippen LogP contribution >= 0.6 is 11.8 Å². The van der Waals surface area contributed by atoms with Crippen molar-refractivity contribution in [1.82, 2.24) is 25.6 Å². The lowest BCUT2D eigenvalue weighted by molar-refractivity contribution is -0.119. The van der Waals surface area contributed by atoms with Crippen LogP contribution in [0.15, 0.2) is 29.4 Å². The number of rotatable bonds is 6. The summed E-state index contributed by atoms with van der Waals surface area (Å²) in [5, 5.41) is 8.61. The summed E-state index contributed by atoms with van der Waals surface area (Å²) in [5.74, 6) is -0.931. The quantitative estimate of drug-likeness (QED) is 0.494. The van der Waals surface area contributed by atoms with Crippen molar-refractivity contribution >= 4 is 33.4 Å². The monoisotopic (exact) mass is 441 g/mol. The molecule has 1 saturated heterocycles. The molecule has 1 aromatic carbocycles. The summed E-state index contributed by atoms with van der Waals surface area (Å²) in [6, 6.07) is 5.44. The molecule has 29 heavy (non-hydrogen) atoms. The number of halogens is 1. The van der Waals surface area contributed by atoms with Crippen LogP contribution in [0.4, 0.5) is 4.39 Å². The van der Waals surface area contributed by atoms with Gasteiger partial charge in [0.1, 0.15) is 11.6 Å². The van der Waals surface area contributed by atoms with Gasteiger partial charge in [0.05, 0.1) is 22.8 Å². The molecule has 3 rings (SSSR count). The lowest BCUT2D eigenvalue weighted by Gasteiger charge is -2.09. The summed E-state index contributed by atoms with van der Waals surface area (Å²) >= 11 is 1.12. The van der Waals surface area contributed by atoms with Gasteiger partial charge in [0.15, 0.2) is 15.0 Å². The minimum atomic E-state index is -2.95. The first-order valence-corrected chi connectivity index (χ1v) is 11.6. The number of carbonyl (C=O) groups is 2. The molecular formula is C17H20FN5O4S2. The molecule has 0 radical (unpaired) electrons. The van der Waals surface area contributed by atoms with Gasteiger partial charge in [0.2, 0.25) is 5.91 Å². The second-order valence-electron chi connectivity index (χ2n) is 6.70. The van der Waals surface area contributed by atoms with Gasteiger partial charge in [-0.05, 0) is 24.5 Å². The fourth-order valence-corrected chi connectivity index (χ4v) is 5.54. The smallest absolute Gasteiger partial charge is 0.272 e. The number of benzene rings is 1. The normalized spacial score (nSPS) is 17.8. The van der Waals surface area contributed by atoms with Gasteiger partial charge in [-0.2, -0.15) is 0 Å². The Morgan fingerprint density at radius 3 is 2.72 bits per heavy atom. The van der Waals surface area contributed by atoms with Gasteiger partial charge in [-0.15, -0.1) is 10.2 Å². The van der Waals surface area contributed by atoms with E-state index in [0.717, 1.165) is 17.8 Å². The molecule has 0 aliphatic carbocycles. The van der Waals surface area contributed by atoms with Gasteiger partial charge in [0.25, 0.3) is 5.91 Å². The van der Waals surface area contributed by atoms with Gasteiger partial charge in [-0.1, -0.05) is 23.9 Å². The standard InChI is InChI=1S/C17H20FN5O4S2/c1-23-14(8-11-6-7-29(26,27)10-11)19-22-17(23)28-9-15(24)20-21-16(25)12-4-2-3-5-13(12)18/h2-5,11H,6-10H2,1H3,(H,20,24)(H,21,25). The Bertz CT molecular complexity index is 1020. The SMILES string of the molecule is Cn1c(CC2CCS(=O)(=O)C2)nnc1SCC(=O)NNC(=O)c1ccccc1F. The van der Waals surface area contributed by atoms with Crippen molar-refractivity contribution in [3.8, 4) is 0 Å². The van der Waals surface area contributed by atoms with Crippen LogP contribution in [0.2, 0.25) is 0 Å². The molecule has 1 aliphatic rings. The molecule has 0 saturated carbocycles. The number of hydrazine groups is 1. The number of nitrogens with zero attached hydrogens (tertiary/aromatic N) is 3. The van der Waals surface area contributed by atoms with Crippen molar-refractivity contribution < 1.29 is 22.4 Å². The molecule has 1 aliphatic heterocycles. The van der Waals surface area contributed by atoms with Crippen LogP contribution in [0.3, 0.4) is 0 Å². The van der Waals surface area contributed by atoms with E-state index in [9.17, 15) is 22.4 Å². The zero-order valence-electron chi connectivity index (χ0n) is 15.6. The lowest BCUT2D eigenvalue weighted by Crippen LogP contribution is -2.42. The summed E-state index contributed by atoms with van der Waals surface area (Å²) in [5.41, 5.74) is 4.21. The molecule has 0 bridgehead atoms. The topological polar surface area (TPSA) is 123 Å². The number of aromatic nitrogens is 3. The summed E-state index contributed by atoms with van der Waals surface area (Å²) in [4.78, 5) is 23.8. The van der Waals surface area contributed by atoms with Crippen molar-refractivity contribution in [2.45, 2.75) is 18.0 Å². The minimum Gasteiger partial charge on any atom is -0.309 e. The Kier molecular flexibility index (Phi) is 6.52. The molecule has 1 aromatic heterocycles. The van der Waals surface area contributed by atoms with Crippen molar-refractivity contribution in [2.24, 2.45) is 13.0 Å². The molecule has 156 valence electrons. The summed E-state index contributed by atoms with van der Waals surface area (Å²) in [6.45, 7) is 0. The summed E-state index contributed by atoms with van der Waals surface area (Å²) in [6.07, 6.45) is 1.12. The van der Waals surface area contributed by atoms with E-state index < -0.39 is 27.5 Å². The van der Waals surface area contributed by atoms with Crippen LogP contribution in [0, 0.1) is 11.7 Å². The van der Waals surface area contributed by atoms with Crippen LogP contribution in [0.5, 0.6) is 0 Å². The van der Waals surface area contributed by atoms with E-state index in [1.54, 1.807) is 11.6 Å². The summed E-state index contributed by atoms with van der Waals surface area (Å²) < 4.78 is 38.4. The average molecular weight is 442 g/mol. The molecule has 1 fully saturated rings. The molecule has 2 N–H and O–H groups in total. The molecule has 0 spiro atoms. The highest BCUT2D eigenvalue weighted by atomic mass is 32.2. The number of hydrogen-bond donors (Lipinski definition) is 2. The number of carbonyl (C=O) groups excluding carboxylic acids is 2. The van der Waals surface area contributed by atoms with E-state index >= 15 is 0 Å². The zero-order chi connectivity index (χ0) is 21.0. The molecule has 1 unspecified atom stereocenters. The van der Waals surface area contributed by atoms with Gasteiger partial charge >= 0.3 is 0 Å². The fraction of sp³-hybridized carbons (Fsp3) is 0.412. The minimum absolute atomic E-state index is 0.0256. The van der Waals surface area contributed by atoms with Crippen LogP contribution in [0.1, 0.15) is 22.6 Å². The molecule has 9 nitrogen and oxygen atoms in total. The third-order valence-corrected chi connectivity index (χ3v) is 7.35. The highest BCUT2D eigenvalue weighted by molar-refractivity contribution is 7.99. The molecule has 12 heteroatoms. The predicted molar refractivity (Wildman–Crippen MR) is 104 cm³/mol. The number of sulfone groups is 1. The predicted octanol–water partition coefficient (Wildman–Crippen LogP) is 0.485. The number of amides is 2. The lowest BCUT2D eigenvalue weighted by atomic mass is 10.1. The third kappa shape index (κ3) is 5.54. The van der Waals surface area contributed by atoms with E-state index in [0.29, 0.717) is 23.8 Å². The van der Waals surface area contributed by atoms with E-state index in [1.807, 2.05) is 0 Å². The van der Waals surface area contributed by atoms with Crippen molar-refractivity contribution in [1.29, 1.82) is 0 Å². The van der Waals surface area contributed by atoms with Gasteiger partial charge in [0, 0.05) is 13.5 Å². The maximum atomic E-state index is 13.5. The number of nitrogens with one attached hydrogen (secondary N) is 2. The van der Waals surface area contributed by atoms with E-state index in [2.05, 4.69) is 21.0 Å². The molecule has 1 atom stereocenters. The number of thioether (sulfide) groups is 1. The second-order valence-corrected chi connectivity index (χ2v) is 9.87. The Labute approximate surface area is 171 Å². The molecule has 2 heterocycles.